The second-order valence-electron chi connectivity index (χ2n) is 6.19. The Morgan fingerprint density at radius 1 is 1.07 bits per heavy atom. The normalized spacial score (nSPS) is 16.5. The van der Waals surface area contributed by atoms with E-state index in [1.54, 1.807) is 12.1 Å². The van der Waals surface area contributed by atoms with Gasteiger partial charge in [-0.05, 0) is 43.2 Å². The molecule has 3 rings (SSSR count). The number of para-hydroxylation sites is 1. The zero-order chi connectivity index (χ0) is 20.1. The second kappa shape index (κ2) is 8.30. The van der Waals surface area contributed by atoms with Crippen LogP contribution in [-0.4, -0.2) is 24.5 Å². The minimum atomic E-state index is -4.55. The summed E-state index contributed by atoms with van der Waals surface area (Å²) in [5, 5.41) is 2.67. The van der Waals surface area contributed by atoms with E-state index in [2.05, 4.69) is 16.2 Å². The molecule has 2 amide bonds. The van der Waals surface area contributed by atoms with Crippen molar-refractivity contribution in [3.05, 3.63) is 59.7 Å². The third kappa shape index (κ3) is 4.80. The number of hydrogen-bond donors (Lipinski definition) is 3. The number of halogens is 3. The molecular formula is C19H18F3N3O3. The average Bonchev–Trinajstić information content (AvgIpc) is 3.21. The molecule has 1 aliphatic heterocycles. The van der Waals surface area contributed by atoms with E-state index < -0.39 is 23.8 Å². The number of ether oxygens (including phenoxy) is 1. The molecule has 1 aliphatic rings. The zero-order valence-electron chi connectivity index (χ0n) is 14.7. The van der Waals surface area contributed by atoms with Crippen LogP contribution < -0.4 is 16.2 Å². The zero-order valence-corrected chi connectivity index (χ0v) is 14.7. The van der Waals surface area contributed by atoms with Crippen LogP contribution in [0.4, 0.5) is 24.5 Å². The van der Waals surface area contributed by atoms with Crippen molar-refractivity contribution in [2.45, 2.75) is 25.1 Å². The molecule has 1 atom stereocenters. The highest BCUT2D eigenvalue weighted by Crippen LogP contribution is 2.34. The minimum absolute atomic E-state index is 0.169. The molecule has 28 heavy (non-hydrogen) atoms. The van der Waals surface area contributed by atoms with Gasteiger partial charge >= 0.3 is 6.18 Å². The summed E-state index contributed by atoms with van der Waals surface area (Å²) >= 11 is 0. The number of rotatable bonds is 5. The van der Waals surface area contributed by atoms with Gasteiger partial charge in [0, 0.05) is 17.9 Å². The summed E-state index contributed by atoms with van der Waals surface area (Å²) in [7, 11) is 0. The summed E-state index contributed by atoms with van der Waals surface area (Å²) in [5.74, 6) is -0.947. The molecule has 2 aromatic rings. The molecule has 0 radical (unpaired) electrons. The fourth-order valence-corrected chi connectivity index (χ4v) is 2.78. The van der Waals surface area contributed by atoms with Crippen LogP contribution >= 0.6 is 0 Å². The van der Waals surface area contributed by atoms with Crippen LogP contribution in [0.25, 0.3) is 0 Å². The Morgan fingerprint density at radius 3 is 2.57 bits per heavy atom. The molecule has 3 N–H and O–H groups in total. The lowest BCUT2D eigenvalue weighted by atomic mass is 10.1. The Balaban J connectivity index is 1.65. The monoisotopic (exact) mass is 393 g/mol. The van der Waals surface area contributed by atoms with Crippen LogP contribution in [0.1, 0.15) is 28.8 Å². The number of carbonyl (C=O) groups is 2. The Kier molecular flexibility index (Phi) is 5.84. The molecule has 1 unspecified atom stereocenters. The lowest BCUT2D eigenvalue weighted by Crippen LogP contribution is -2.31. The predicted molar refractivity (Wildman–Crippen MR) is 96.6 cm³/mol. The summed E-state index contributed by atoms with van der Waals surface area (Å²) in [6, 6.07) is 10.9. The standard InChI is InChI=1S/C19H18F3N3O3/c20-19(21,22)14-7-1-2-8-15(14)24-25-17(26)12-5-3-6-13(11-12)23-18(27)16-9-4-10-28-16/h1-3,5-8,11,16,24H,4,9-10H2,(H,23,27)(H,25,26). The molecule has 0 aliphatic carbocycles. The van der Waals surface area contributed by atoms with Crippen LogP contribution in [0.15, 0.2) is 48.5 Å². The Hall–Kier alpha value is -3.07. The van der Waals surface area contributed by atoms with Crippen molar-refractivity contribution in [2.24, 2.45) is 0 Å². The second-order valence-corrected chi connectivity index (χ2v) is 6.19. The number of hydrazine groups is 1. The number of benzene rings is 2. The molecule has 2 aromatic carbocycles. The lowest BCUT2D eigenvalue weighted by Gasteiger charge is -2.15. The number of alkyl halides is 3. The van der Waals surface area contributed by atoms with Gasteiger partial charge in [0.15, 0.2) is 0 Å². The predicted octanol–water partition coefficient (Wildman–Crippen LogP) is 3.58. The number of hydrogen-bond acceptors (Lipinski definition) is 4. The smallest absolute Gasteiger partial charge is 0.368 e. The van der Waals surface area contributed by atoms with E-state index in [-0.39, 0.29) is 17.2 Å². The molecule has 1 heterocycles. The minimum Gasteiger partial charge on any atom is -0.368 e. The summed E-state index contributed by atoms with van der Waals surface area (Å²) in [6.07, 6.45) is -3.63. The average molecular weight is 393 g/mol. The first-order chi connectivity index (χ1) is 13.3. The SMILES string of the molecule is O=C(NNc1ccccc1C(F)(F)F)c1cccc(NC(=O)C2CCCO2)c1. The van der Waals surface area contributed by atoms with Gasteiger partial charge in [0.2, 0.25) is 0 Å². The molecule has 1 saturated heterocycles. The number of amides is 2. The quantitative estimate of drug-likeness (QED) is 0.679. The van der Waals surface area contributed by atoms with Gasteiger partial charge in [-0.25, -0.2) is 0 Å². The molecule has 0 bridgehead atoms. The van der Waals surface area contributed by atoms with Crippen molar-refractivity contribution in [1.82, 2.24) is 5.43 Å². The van der Waals surface area contributed by atoms with Gasteiger partial charge in [-0.3, -0.25) is 20.4 Å². The third-order valence-electron chi connectivity index (χ3n) is 4.16. The number of carbonyl (C=O) groups excluding carboxylic acids is 2. The first-order valence-electron chi connectivity index (χ1n) is 8.60. The van der Waals surface area contributed by atoms with Crippen molar-refractivity contribution in [3.8, 4) is 0 Å². The summed E-state index contributed by atoms with van der Waals surface area (Å²) in [4.78, 5) is 24.4. The fraction of sp³-hybridized carbons (Fsp3) is 0.263. The van der Waals surface area contributed by atoms with E-state index in [0.29, 0.717) is 18.7 Å². The fourth-order valence-electron chi connectivity index (χ4n) is 2.78. The molecule has 0 spiro atoms. The van der Waals surface area contributed by atoms with E-state index in [0.717, 1.165) is 12.5 Å². The maximum Gasteiger partial charge on any atom is 0.418 e. The van der Waals surface area contributed by atoms with Gasteiger partial charge in [-0.1, -0.05) is 18.2 Å². The number of nitrogens with one attached hydrogen (secondary N) is 3. The van der Waals surface area contributed by atoms with Crippen molar-refractivity contribution in [3.63, 3.8) is 0 Å². The molecule has 0 aromatic heterocycles. The van der Waals surface area contributed by atoms with Crippen LogP contribution in [0.2, 0.25) is 0 Å². The van der Waals surface area contributed by atoms with Crippen molar-refractivity contribution >= 4 is 23.2 Å². The highest BCUT2D eigenvalue weighted by atomic mass is 19.4. The van der Waals surface area contributed by atoms with E-state index in [4.69, 9.17) is 4.74 Å². The topological polar surface area (TPSA) is 79.5 Å². The van der Waals surface area contributed by atoms with Crippen molar-refractivity contribution < 1.29 is 27.5 Å². The summed E-state index contributed by atoms with van der Waals surface area (Å²) in [5.41, 5.74) is 3.93. The third-order valence-corrected chi connectivity index (χ3v) is 4.16. The summed E-state index contributed by atoms with van der Waals surface area (Å²) < 4.78 is 44.3. The molecule has 1 fully saturated rings. The maximum atomic E-state index is 13.0. The number of anilines is 2. The van der Waals surface area contributed by atoms with Crippen LogP contribution in [0, 0.1) is 0 Å². The first kappa shape index (κ1) is 19.7. The largest absolute Gasteiger partial charge is 0.418 e. The Morgan fingerprint density at radius 2 is 1.86 bits per heavy atom. The molecular weight excluding hydrogens is 375 g/mol. The Labute approximate surface area is 159 Å². The highest BCUT2D eigenvalue weighted by molar-refractivity contribution is 5.98. The van der Waals surface area contributed by atoms with Gasteiger partial charge in [0.25, 0.3) is 11.8 Å². The van der Waals surface area contributed by atoms with Gasteiger partial charge in [0.05, 0.1) is 11.3 Å². The van der Waals surface area contributed by atoms with Crippen molar-refractivity contribution in [2.75, 3.05) is 17.3 Å². The van der Waals surface area contributed by atoms with Crippen LogP contribution in [0.3, 0.4) is 0 Å². The van der Waals surface area contributed by atoms with Gasteiger partial charge in [0.1, 0.15) is 6.10 Å². The maximum absolute atomic E-state index is 13.0. The first-order valence-corrected chi connectivity index (χ1v) is 8.60. The molecule has 0 saturated carbocycles. The molecule has 9 heteroatoms. The van der Waals surface area contributed by atoms with E-state index >= 15 is 0 Å². The molecule has 6 nitrogen and oxygen atoms in total. The van der Waals surface area contributed by atoms with Crippen LogP contribution in [-0.2, 0) is 15.7 Å². The van der Waals surface area contributed by atoms with E-state index in [1.807, 2.05) is 0 Å². The van der Waals surface area contributed by atoms with Gasteiger partial charge in [-0.2, -0.15) is 13.2 Å². The van der Waals surface area contributed by atoms with Crippen LogP contribution in [0.5, 0.6) is 0 Å². The van der Waals surface area contributed by atoms with E-state index in [9.17, 15) is 22.8 Å². The molecule has 148 valence electrons. The highest BCUT2D eigenvalue weighted by Gasteiger charge is 2.33. The Bertz CT molecular complexity index is 865. The van der Waals surface area contributed by atoms with E-state index in [1.165, 1.54) is 30.3 Å². The van der Waals surface area contributed by atoms with Gasteiger partial charge < -0.3 is 10.1 Å². The van der Waals surface area contributed by atoms with Gasteiger partial charge in [-0.15, -0.1) is 0 Å². The lowest BCUT2D eigenvalue weighted by molar-refractivity contribution is -0.137. The summed E-state index contributed by atoms with van der Waals surface area (Å²) in [6.45, 7) is 0.533. The van der Waals surface area contributed by atoms with Crippen molar-refractivity contribution in [1.29, 1.82) is 0 Å².